The van der Waals surface area contributed by atoms with E-state index in [1.54, 1.807) is 4.90 Å². The number of nitrogens with one attached hydrogen (secondary N) is 1. The van der Waals surface area contributed by atoms with E-state index in [2.05, 4.69) is 5.32 Å². The topological polar surface area (TPSA) is 32.3 Å². The van der Waals surface area contributed by atoms with Crippen molar-refractivity contribution in [2.75, 3.05) is 26.2 Å². The molecule has 1 N–H and O–H groups in total. The third-order valence-electron chi connectivity index (χ3n) is 2.64. The second kappa shape index (κ2) is 2.64. The minimum absolute atomic E-state index is 0.292. The molecule has 2 atom stereocenters. The summed E-state index contributed by atoms with van der Waals surface area (Å²) in [6, 6.07) is 0. The zero-order chi connectivity index (χ0) is 7.84. The maximum absolute atomic E-state index is 10.7. The summed E-state index contributed by atoms with van der Waals surface area (Å²) in [6.07, 6.45) is 0. The Kier molecular flexibility index (Phi) is 1.77. The maximum Gasteiger partial charge on any atom is 0.316 e. The van der Waals surface area contributed by atoms with Crippen molar-refractivity contribution < 1.29 is 4.79 Å². The monoisotopic (exact) mass is 174 g/mol. The molecule has 0 aromatic heterocycles. The molecular formula is C7H11ClN2O. The van der Waals surface area contributed by atoms with Gasteiger partial charge in [-0.15, -0.1) is 0 Å². The molecule has 2 aliphatic rings. The van der Waals surface area contributed by atoms with E-state index in [9.17, 15) is 4.79 Å². The van der Waals surface area contributed by atoms with Crippen molar-refractivity contribution in [2.45, 2.75) is 0 Å². The third kappa shape index (κ3) is 1.23. The predicted octanol–water partition coefficient (Wildman–Crippen LogP) is 0.496. The largest absolute Gasteiger partial charge is 0.329 e. The SMILES string of the molecule is O=C(Cl)N1CC2CNCC2C1. The first-order valence-electron chi connectivity index (χ1n) is 3.92. The van der Waals surface area contributed by atoms with E-state index in [0.29, 0.717) is 11.8 Å². The molecule has 2 fully saturated rings. The molecule has 3 nitrogen and oxygen atoms in total. The lowest BCUT2D eigenvalue weighted by Crippen LogP contribution is -2.27. The van der Waals surface area contributed by atoms with E-state index in [1.807, 2.05) is 0 Å². The van der Waals surface area contributed by atoms with Gasteiger partial charge in [0.15, 0.2) is 0 Å². The van der Waals surface area contributed by atoms with Gasteiger partial charge in [-0.25, -0.2) is 0 Å². The fraction of sp³-hybridized carbons (Fsp3) is 0.857. The van der Waals surface area contributed by atoms with Gasteiger partial charge in [-0.05, 0) is 23.4 Å². The van der Waals surface area contributed by atoms with Crippen LogP contribution in [0, 0.1) is 11.8 Å². The maximum atomic E-state index is 10.7. The zero-order valence-electron chi connectivity index (χ0n) is 6.22. The van der Waals surface area contributed by atoms with Crippen LogP contribution in [0.1, 0.15) is 0 Å². The standard InChI is InChI=1S/C7H11ClN2O/c8-7(11)10-3-5-1-9-2-6(5)4-10/h5-6,9H,1-4H2. The second-order valence-electron chi connectivity index (χ2n) is 3.34. The summed E-state index contributed by atoms with van der Waals surface area (Å²) in [4.78, 5) is 12.5. The van der Waals surface area contributed by atoms with Crippen molar-refractivity contribution in [3.8, 4) is 0 Å². The first-order valence-corrected chi connectivity index (χ1v) is 4.30. The average molecular weight is 175 g/mol. The quantitative estimate of drug-likeness (QED) is 0.429. The molecule has 2 heterocycles. The number of likely N-dealkylation sites (tertiary alicyclic amines) is 1. The molecule has 0 bridgehead atoms. The van der Waals surface area contributed by atoms with E-state index in [1.165, 1.54) is 0 Å². The Balaban J connectivity index is 1.99. The predicted molar refractivity (Wildman–Crippen MR) is 42.7 cm³/mol. The second-order valence-corrected chi connectivity index (χ2v) is 3.66. The molecule has 0 saturated carbocycles. The van der Waals surface area contributed by atoms with E-state index in [0.717, 1.165) is 26.2 Å². The van der Waals surface area contributed by atoms with Gasteiger partial charge in [0.1, 0.15) is 0 Å². The Labute approximate surface area is 70.7 Å². The molecule has 4 heteroatoms. The molecule has 0 aromatic carbocycles. The third-order valence-corrected chi connectivity index (χ3v) is 2.88. The minimum atomic E-state index is -0.292. The summed E-state index contributed by atoms with van der Waals surface area (Å²) in [6.45, 7) is 3.79. The molecule has 0 spiro atoms. The Morgan fingerprint density at radius 2 is 1.91 bits per heavy atom. The van der Waals surface area contributed by atoms with E-state index >= 15 is 0 Å². The van der Waals surface area contributed by atoms with Crippen LogP contribution >= 0.6 is 11.6 Å². The fourth-order valence-electron chi connectivity index (χ4n) is 2.00. The number of fused-ring (bicyclic) bond motifs is 1. The van der Waals surface area contributed by atoms with Crippen molar-refractivity contribution in [2.24, 2.45) is 11.8 Å². The van der Waals surface area contributed by atoms with Gasteiger partial charge in [-0.2, -0.15) is 0 Å². The Morgan fingerprint density at radius 3 is 2.36 bits per heavy atom. The Hall–Kier alpha value is -0.280. The molecule has 2 unspecified atom stereocenters. The average Bonchev–Trinajstić information content (AvgIpc) is 2.40. The van der Waals surface area contributed by atoms with Crippen molar-refractivity contribution in [3.63, 3.8) is 0 Å². The molecule has 11 heavy (non-hydrogen) atoms. The van der Waals surface area contributed by atoms with Crippen LogP contribution in [-0.4, -0.2) is 36.4 Å². The van der Waals surface area contributed by atoms with Crippen LogP contribution in [0.3, 0.4) is 0 Å². The fourth-order valence-corrected chi connectivity index (χ4v) is 2.14. The highest BCUT2D eigenvalue weighted by Gasteiger charge is 2.37. The highest BCUT2D eigenvalue weighted by molar-refractivity contribution is 6.62. The summed E-state index contributed by atoms with van der Waals surface area (Å²) in [7, 11) is 0. The van der Waals surface area contributed by atoms with Gasteiger partial charge in [-0.3, -0.25) is 4.79 Å². The molecule has 2 rings (SSSR count). The number of amides is 1. The summed E-state index contributed by atoms with van der Waals surface area (Å²) in [5, 5.41) is 3.01. The highest BCUT2D eigenvalue weighted by atomic mass is 35.5. The summed E-state index contributed by atoms with van der Waals surface area (Å²) >= 11 is 5.36. The molecule has 0 aromatic rings. The number of rotatable bonds is 0. The van der Waals surface area contributed by atoms with Gasteiger partial charge in [0.2, 0.25) is 0 Å². The first kappa shape index (κ1) is 7.37. The van der Waals surface area contributed by atoms with Crippen LogP contribution in [0.2, 0.25) is 0 Å². The molecular weight excluding hydrogens is 164 g/mol. The zero-order valence-corrected chi connectivity index (χ0v) is 6.97. The lowest BCUT2D eigenvalue weighted by Gasteiger charge is -2.12. The normalized spacial score (nSPS) is 35.9. The number of halogens is 1. The number of hydrogen-bond donors (Lipinski definition) is 1. The summed E-state index contributed by atoms with van der Waals surface area (Å²) in [5.74, 6) is 1.30. The van der Waals surface area contributed by atoms with Crippen LogP contribution in [0.5, 0.6) is 0 Å². The van der Waals surface area contributed by atoms with Crippen LogP contribution in [0.15, 0.2) is 0 Å². The molecule has 0 radical (unpaired) electrons. The number of carbonyl (C=O) groups excluding carboxylic acids is 1. The van der Waals surface area contributed by atoms with Gasteiger partial charge in [-0.1, -0.05) is 0 Å². The van der Waals surface area contributed by atoms with Gasteiger partial charge in [0, 0.05) is 26.2 Å². The molecule has 62 valence electrons. The first-order chi connectivity index (χ1) is 5.27. The summed E-state index contributed by atoms with van der Waals surface area (Å²) in [5.41, 5.74) is 0. The highest BCUT2D eigenvalue weighted by Crippen LogP contribution is 2.26. The van der Waals surface area contributed by atoms with Crippen LogP contribution in [0.4, 0.5) is 4.79 Å². The van der Waals surface area contributed by atoms with Gasteiger partial charge in [0.25, 0.3) is 0 Å². The van der Waals surface area contributed by atoms with E-state index in [-0.39, 0.29) is 5.37 Å². The van der Waals surface area contributed by atoms with Crippen LogP contribution in [0.25, 0.3) is 0 Å². The van der Waals surface area contributed by atoms with Crippen LogP contribution in [-0.2, 0) is 0 Å². The van der Waals surface area contributed by atoms with Crippen molar-refractivity contribution in [1.29, 1.82) is 0 Å². The lowest BCUT2D eigenvalue weighted by molar-refractivity contribution is 0.229. The van der Waals surface area contributed by atoms with Crippen molar-refractivity contribution in [1.82, 2.24) is 10.2 Å². The van der Waals surface area contributed by atoms with Crippen molar-refractivity contribution in [3.05, 3.63) is 0 Å². The van der Waals surface area contributed by atoms with Gasteiger partial charge in [0.05, 0.1) is 0 Å². The Bertz CT molecular complexity index is 173. The Morgan fingerprint density at radius 1 is 1.36 bits per heavy atom. The minimum Gasteiger partial charge on any atom is -0.329 e. The number of carbonyl (C=O) groups is 1. The van der Waals surface area contributed by atoms with E-state index in [4.69, 9.17) is 11.6 Å². The van der Waals surface area contributed by atoms with Gasteiger partial charge < -0.3 is 10.2 Å². The number of nitrogens with zero attached hydrogens (tertiary/aromatic N) is 1. The molecule has 2 saturated heterocycles. The lowest BCUT2D eigenvalue weighted by atomic mass is 10.0. The molecule has 1 amide bonds. The smallest absolute Gasteiger partial charge is 0.316 e. The molecule has 2 aliphatic heterocycles. The van der Waals surface area contributed by atoms with Crippen LogP contribution < -0.4 is 5.32 Å². The van der Waals surface area contributed by atoms with E-state index < -0.39 is 0 Å². The van der Waals surface area contributed by atoms with Crippen molar-refractivity contribution >= 4 is 17.0 Å². The molecule has 0 aliphatic carbocycles. The van der Waals surface area contributed by atoms with Gasteiger partial charge >= 0.3 is 5.37 Å². The number of hydrogen-bond acceptors (Lipinski definition) is 2. The summed E-state index contributed by atoms with van der Waals surface area (Å²) < 4.78 is 0.